The molecule has 1 rings (SSSR count). The summed E-state index contributed by atoms with van der Waals surface area (Å²) in [5.74, 6) is 0.479. The monoisotopic (exact) mass is 240 g/mol. The molecule has 1 atom stereocenters. The summed E-state index contributed by atoms with van der Waals surface area (Å²) in [4.78, 5) is 13.5. The van der Waals surface area contributed by atoms with Crippen molar-refractivity contribution < 1.29 is 9.53 Å². The van der Waals surface area contributed by atoms with Gasteiger partial charge >= 0.3 is 5.97 Å². The molecule has 0 spiro atoms. The van der Waals surface area contributed by atoms with Gasteiger partial charge in [0.05, 0.1) is 6.61 Å². The minimum Gasteiger partial charge on any atom is -0.463 e. The van der Waals surface area contributed by atoms with Crippen LogP contribution in [0.5, 0.6) is 0 Å². The van der Waals surface area contributed by atoms with Gasteiger partial charge in [0.2, 0.25) is 0 Å². The number of likely N-dealkylation sites (tertiary alicyclic amines) is 1. The topological polar surface area (TPSA) is 55.6 Å². The minimum absolute atomic E-state index is 0.247. The Hall–Kier alpha value is -0.870. The number of nitrogens with zero attached hydrogens (tertiary/aromatic N) is 1. The van der Waals surface area contributed by atoms with Gasteiger partial charge in [-0.05, 0) is 45.2 Å². The standard InChI is InChI=1S/C13H24N2O2/c1-2-17-13(16)6-4-10-15-9-3-5-12(11-15)7-8-14/h4,6,12H,2-3,5,7-11,14H2,1H3/b6-4+. The third kappa shape index (κ3) is 5.84. The van der Waals surface area contributed by atoms with Crippen molar-refractivity contribution >= 4 is 5.97 Å². The first kappa shape index (κ1) is 14.2. The fourth-order valence-corrected chi connectivity index (χ4v) is 2.28. The second-order valence-electron chi connectivity index (χ2n) is 4.50. The lowest BCUT2D eigenvalue weighted by atomic mass is 9.95. The summed E-state index contributed by atoms with van der Waals surface area (Å²) >= 11 is 0. The van der Waals surface area contributed by atoms with Crippen LogP contribution in [0.25, 0.3) is 0 Å². The van der Waals surface area contributed by atoms with Crippen LogP contribution in [0.15, 0.2) is 12.2 Å². The summed E-state index contributed by atoms with van der Waals surface area (Å²) in [7, 11) is 0. The molecule has 1 aliphatic rings. The summed E-state index contributed by atoms with van der Waals surface area (Å²) in [5.41, 5.74) is 5.58. The number of rotatable bonds is 6. The molecule has 4 heteroatoms. The predicted molar refractivity (Wildman–Crippen MR) is 68.6 cm³/mol. The maximum atomic E-state index is 11.1. The van der Waals surface area contributed by atoms with Crippen LogP contribution in [0.4, 0.5) is 0 Å². The highest BCUT2D eigenvalue weighted by Crippen LogP contribution is 2.18. The van der Waals surface area contributed by atoms with Gasteiger partial charge in [-0.25, -0.2) is 4.79 Å². The van der Waals surface area contributed by atoms with Gasteiger partial charge in [-0.15, -0.1) is 0 Å². The number of piperidine rings is 1. The summed E-state index contributed by atoms with van der Waals surface area (Å²) in [5, 5.41) is 0. The molecule has 0 aromatic carbocycles. The molecule has 0 aliphatic carbocycles. The average molecular weight is 240 g/mol. The van der Waals surface area contributed by atoms with Gasteiger partial charge in [-0.1, -0.05) is 6.08 Å². The van der Waals surface area contributed by atoms with Gasteiger partial charge in [-0.2, -0.15) is 0 Å². The number of esters is 1. The van der Waals surface area contributed by atoms with Crippen molar-refractivity contribution in [3.63, 3.8) is 0 Å². The van der Waals surface area contributed by atoms with Crippen molar-refractivity contribution in [3.05, 3.63) is 12.2 Å². The molecule has 0 bridgehead atoms. The summed E-state index contributed by atoms with van der Waals surface area (Å²) < 4.78 is 4.83. The Kier molecular flexibility index (Phi) is 6.89. The molecule has 0 aromatic rings. The SMILES string of the molecule is CCOC(=O)/C=C/CN1CCCC(CCN)C1. The van der Waals surface area contributed by atoms with Crippen molar-refractivity contribution in [2.24, 2.45) is 11.7 Å². The first-order valence-corrected chi connectivity index (χ1v) is 6.52. The minimum atomic E-state index is -0.247. The van der Waals surface area contributed by atoms with Gasteiger partial charge in [-0.3, -0.25) is 4.90 Å². The quantitative estimate of drug-likeness (QED) is 0.559. The number of ether oxygens (including phenoxy) is 1. The Bertz CT molecular complexity index is 252. The molecule has 98 valence electrons. The molecule has 17 heavy (non-hydrogen) atoms. The molecular weight excluding hydrogens is 216 g/mol. The molecule has 1 saturated heterocycles. The number of nitrogens with two attached hydrogens (primary N) is 1. The van der Waals surface area contributed by atoms with E-state index >= 15 is 0 Å². The van der Waals surface area contributed by atoms with Crippen LogP contribution in [-0.2, 0) is 9.53 Å². The van der Waals surface area contributed by atoms with E-state index in [0.717, 1.165) is 38.5 Å². The van der Waals surface area contributed by atoms with Crippen LogP contribution in [0, 0.1) is 5.92 Å². The lowest BCUT2D eigenvalue weighted by molar-refractivity contribution is -0.137. The summed E-state index contributed by atoms with van der Waals surface area (Å²) in [6.07, 6.45) is 7.05. The van der Waals surface area contributed by atoms with E-state index < -0.39 is 0 Å². The maximum Gasteiger partial charge on any atom is 0.330 e. The average Bonchev–Trinajstić information content (AvgIpc) is 2.30. The van der Waals surface area contributed by atoms with Gasteiger partial charge in [0.15, 0.2) is 0 Å². The number of carbonyl (C=O) groups excluding carboxylic acids is 1. The third-order valence-corrected chi connectivity index (χ3v) is 3.08. The van der Waals surface area contributed by atoms with Crippen LogP contribution in [-0.4, -0.2) is 43.7 Å². The zero-order chi connectivity index (χ0) is 12.5. The molecule has 0 saturated carbocycles. The van der Waals surface area contributed by atoms with E-state index in [9.17, 15) is 4.79 Å². The number of hydrogen-bond acceptors (Lipinski definition) is 4. The highest BCUT2D eigenvalue weighted by Gasteiger charge is 2.17. The predicted octanol–water partition coefficient (Wildman–Crippen LogP) is 1.17. The largest absolute Gasteiger partial charge is 0.463 e. The van der Waals surface area contributed by atoms with Crippen molar-refractivity contribution in [1.29, 1.82) is 0 Å². The summed E-state index contributed by atoms with van der Waals surface area (Å²) in [6.45, 7) is 6.08. The lowest BCUT2D eigenvalue weighted by Gasteiger charge is -2.31. The summed E-state index contributed by atoms with van der Waals surface area (Å²) in [6, 6.07) is 0. The third-order valence-electron chi connectivity index (χ3n) is 3.08. The number of hydrogen-bond donors (Lipinski definition) is 1. The zero-order valence-corrected chi connectivity index (χ0v) is 10.7. The molecule has 0 aromatic heterocycles. The van der Waals surface area contributed by atoms with E-state index in [0.29, 0.717) is 6.61 Å². The van der Waals surface area contributed by atoms with E-state index in [4.69, 9.17) is 10.5 Å². The second kappa shape index (κ2) is 8.25. The molecule has 1 aliphatic heterocycles. The zero-order valence-electron chi connectivity index (χ0n) is 10.7. The van der Waals surface area contributed by atoms with Crippen LogP contribution in [0.3, 0.4) is 0 Å². The highest BCUT2D eigenvalue weighted by molar-refractivity contribution is 5.81. The van der Waals surface area contributed by atoms with Crippen LogP contribution in [0.1, 0.15) is 26.2 Å². The Morgan fingerprint density at radius 2 is 2.41 bits per heavy atom. The smallest absolute Gasteiger partial charge is 0.330 e. The van der Waals surface area contributed by atoms with Gasteiger partial charge < -0.3 is 10.5 Å². The second-order valence-corrected chi connectivity index (χ2v) is 4.50. The van der Waals surface area contributed by atoms with Gasteiger partial charge in [0, 0.05) is 19.2 Å². The maximum absolute atomic E-state index is 11.1. The van der Waals surface area contributed by atoms with Crippen LogP contribution >= 0.6 is 0 Å². The van der Waals surface area contributed by atoms with E-state index in [2.05, 4.69) is 4.90 Å². The molecular formula is C13H24N2O2. The highest BCUT2D eigenvalue weighted by atomic mass is 16.5. The van der Waals surface area contributed by atoms with E-state index in [1.807, 2.05) is 13.0 Å². The van der Waals surface area contributed by atoms with Crippen molar-refractivity contribution in [1.82, 2.24) is 4.90 Å². The Balaban J connectivity index is 2.24. The van der Waals surface area contributed by atoms with Gasteiger partial charge in [0.25, 0.3) is 0 Å². The molecule has 1 heterocycles. The molecule has 4 nitrogen and oxygen atoms in total. The van der Waals surface area contributed by atoms with E-state index in [1.165, 1.54) is 18.9 Å². The fraction of sp³-hybridized carbons (Fsp3) is 0.769. The Labute approximate surface area is 104 Å². The van der Waals surface area contributed by atoms with E-state index in [1.54, 1.807) is 0 Å². The van der Waals surface area contributed by atoms with Gasteiger partial charge in [0.1, 0.15) is 0 Å². The first-order chi connectivity index (χ1) is 8.26. The van der Waals surface area contributed by atoms with Crippen molar-refractivity contribution in [2.75, 3.05) is 32.8 Å². The molecule has 1 fully saturated rings. The molecule has 0 radical (unpaired) electrons. The van der Waals surface area contributed by atoms with Crippen LogP contribution < -0.4 is 5.73 Å². The molecule has 0 amide bonds. The fourth-order valence-electron chi connectivity index (χ4n) is 2.28. The molecule has 2 N–H and O–H groups in total. The normalized spacial score (nSPS) is 21.9. The number of carbonyl (C=O) groups is 1. The van der Waals surface area contributed by atoms with E-state index in [-0.39, 0.29) is 5.97 Å². The Morgan fingerprint density at radius 1 is 1.59 bits per heavy atom. The Morgan fingerprint density at radius 3 is 3.12 bits per heavy atom. The van der Waals surface area contributed by atoms with Crippen molar-refractivity contribution in [3.8, 4) is 0 Å². The lowest BCUT2D eigenvalue weighted by Crippen LogP contribution is -2.36. The first-order valence-electron chi connectivity index (χ1n) is 6.52. The molecule has 1 unspecified atom stereocenters. The van der Waals surface area contributed by atoms with Crippen molar-refractivity contribution in [2.45, 2.75) is 26.2 Å². The van der Waals surface area contributed by atoms with Crippen LogP contribution in [0.2, 0.25) is 0 Å².